The van der Waals surface area contributed by atoms with E-state index in [4.69, 9.17) is 0 Å². The Balaban J connectivity index is 2.56. The summed E-state index contributed by atoms with van der Waals surface area (Å²) in [6.07, 6.45) is 8.49. The van der Waals surface area contributed by atoms with Gasteiger partial charge in [-0.3, -0.25) is 4.79 Å². The predicted molar refractivity (Wildman–Crippen MR) is 83.7 cm³/mol. The molecule has 0 aromatic carbocycles. The van der Waals surface area contributed by atoms with Gasteiger partial charge in [0.05, 0.1) is 0 Å². The predicted octanol–water partition coefficient (Wildman–Crippen LogP) is 2.86. The van der Waals surface area contributed by atoms with E-state index in [9.17, 15) is 4.79 Å². The molecule has 0 spiro atoms. The van der Waals surface area contributed by atoms with Crippen LogP contribution in [0.2, 0.25) is 0 Å². The van der Waals surface area contributed by atoms with Crippen LogP contribution >= 0.6 is 0 Å². The van der Waals surface area contributed by atoms with Crippen molar-refractivity contribution in [3.05, 3.63) is 24.0 Å². The summed E-state index contributed by atoms with van der Waals surface area (Å²) in [5, 5.41) is 6.48. The largest absolute Gasteiger partial charge is 0.355 e. The van der Waals surface area contributed by atoms with Crippen LogP contribution in [0.1, 0.15) is 58.1 Å². The average molecular weight is 279 g/mol. The highest BCUT2D eigenvalue weighted by molar-refractivity contribution is 5.75. The lowest BCUT2D eigenvalue weighted by Gasteiger charge is -2.16. The van der Waals surface area contributed by atoms with Crippen molar-refractivity contribution in [2.45, 2.75) is 59.0 Å². The van der Waals surface area contributed by atoms with Gasteiger partial charge in [-0.05, 0) is 37.4 Å². The van der Waals surface area contributed by atoms with Gasteiger partial charge in [-0.15, -0.1) is 0 Å². The van der Waals surface area contributed by atoms with Gasteiger partial charge in [-0.1, -0.05) is 27.2 Å². The molecule has 1 amide bonds. The molecular formula is C16H29N3O. The zero-order valence-electron chi connectivity index (χ0n) is 13.1. The fourth-order valence-electron chi connectivity index (χ4n) is 2.24. The molecule has 20 heavy (non-hydrogen) atoms. The first-order valence-electron chi connectivity index (χ1n) is 7.87. The molecule has 0 saturated heterocycles. The summed E-state index contributed by atoms with van der Waals surface area (Å²) in [5.74, 6) is 0.0857. The van der Waals surface area contributed by atoms with Crippen LogP contribution in [0.3, 0.4) is 0 Å². The number of aromatic nitrogens is 1. The Morgan fingerprint density at radius 3 is 2.60 bits per heavy atom. The standard InChI is InChI=1S/C16H29N3O/c1-4-7-15(17-9-5-2)14-8-11-19(12-14)13-16(20)18-10-6-3/h8,11-12,15,17H,4-7,9-10,13H2,1-3H3,(H,18,20). The molecule has 1 aromatic rings. The van der Waals surface area contributed by atoms with Gasteiger partial charge in [0.25, 0.3) is 0 Å². The number of carbonyl (C=O) groups is 1. The van der Waals surface area contributed by atoms with Crippen molar-refractivity contribution in [3.63, 3.8) is 0 Å². The van der Waals surface area contributed by atoms with Crippen LogP contribution in [0.25, 0.3) is 0 Å². The topological polar surface area (TPSA) is 46.1 Å². The summed E-state index contributed by atoms with van der Waals surface area (Å²) in [6, 6.07) is 2.52. The van der Waals surface area contributed by atoms with E-state index >= 15 is 0 Å². The molecule has 1 aromatic heterocycles. The van der Waals surface area contributed by atoms with Gasteiger partial charge in [0.15, 0.2) is 0 Å². The summed E-state index contributed by atoms with van der Waals surface area (Å²) in [5.41, 5.74) is 1.28. The van der Waals surface area contributed by atoms with Gasteiger partial charge < -0.3 is 15.2 Å². The summed E-state index contributed by atoms with van der Waals surface area (Å²) in [7, 11) is 0. The highest BCUT2D eigenvalue weighted by atomic mass is 16.1. The summed E-state index contributed by atoms with van der Waals surface area (Å²) < 4.78 is 1.97. The Kier molecular flexibility index (Phi) is 8.04. The summed E-state index contributed by atoms with van der Waals surface area (Å²) in [4.78, 5) is 11.7. The number of hydrogen-bond acceptors (Lipinski definition) is 2. The van der Waals surface area contributed by atoms with Crippen LogP contribution in [-0.2, 0) is 11.3 Å². The van der Waals surface area contributed by atoms with E-state index in [1.165, 1.54) is 5.56 Å². The maximum Gasteiger partial charge on any atom is 0.239 e. The molecule has 114 valence electrons. The highest BCUT2D eigenvalue weighted by Crippen LogP contribution is 2.18. The van der Waals surface area contributed by atoms with Crippen molar-refractivity contribution < 1.29 is 4.79 Å². The minimum atomic E-state index is 0.0857. The Labute approximate surface area is 122 Å². The average Bonchev–Trinajstić information content (AvgIpc) is 2.89. The molecule has 2 N–H and O–H groups in total. The molecule has 0 saturated carbocycles. The molecular weight excluding hydrogens is 250 g/mol. The lowest BCUT2D eigenvalue weighted by Crippen LogP contribution is -2.27. The van der Waals surface area contributed by atoms with E-state index in [0.29, 0.717) is 12.6 Å². The minimum absolute atomic E-state index is 0.0857. The van der Waals surface area contributed by atoms with Gasteiger partial charge in [0.2, 0.25) is 5.91 Å². The molecule has 1 atom stereocenters. The van der Waals surface area contributed by atoms with Crippen LogP contribution in [0.15, 0.2) is 18.5 Å². The van der Waals surface area contributed by atoms with Crippen LogP contribution < -0.4 is 10.6 Å². The summed E-state index contributed by atoms with van der Waals surface area (Å²) in [6.45, 7) is 8.64. The van der Waals surface area contributed by atoms with E-state index in [0.717, 1.165) is 38.8 Å². The normalized spacial score (nSPS) is 12.3. The van der Waals surface area contributed by atoms with Crippen LogP contribution in [0, 0.1) is 0 Å². The second kappa shape index (κ2) is 9.59. The van der Waals surface area contributed by atoms with E-state index in [1.807, 2.05) is 10.8 Å². The molecule has 1 rings (SSSR count). The van der Waals surface area contributed by atoms with Crippen LogP contribution in [0.4, 0.5) is 0 Å². The molecule has 0 aliphatic carbocycles. The first-order valence-corrected chi connectivity index (χ1v) is 7.87. The van der Waals surface area contributed by atoms with E-state index < -0.39 is 0 Å². The first-order chi connectivity index (χ1) is 9.71. The van der Waals surface area contributed by atoms with Crippen molar-refractivity contribution in [3.8, 4) is 0 Å². The third-order valence-corrected chi connectivity index (χ3v) is 3.29. The van der Waals surface area contributed by atoms with Crippen molar-refractivity contribution in [1.29, 1.82) is 0 Å². The zero-order chi connectivity index (χ0) is 14.8. The lowest BCUT2D eigenvalue weighted by molar-refractivity contribution is -0.121. The van der Waals surface area contributed by atoms with E-state index in [1.54, 1.807) is 0 Å². The Morgan fingerprint density at radius 1 is 1.20 bits per heavy atom. The Morgan fingerprint density at radius 2 is 1.95 bits per heavy atom. The lowest BCUT2D eigenvalue weighted by atomic mass is 10.1. The Bertz CT molecular complexity index is 387. The maximum atomic E-state index is 11.7. The molecule has 0 bridgehead atoms. The van der Waals surface area contributed by atoms with Gasteiger partial charge in [0.1, 0.15) is 6.54 Å². The minimum Gasteiger partial charge on any atom is -0.355 e. The van der Waals surface area contributed by atoms with Crippen molar-refractivity contribution in [2.24, 2.45) is 0 Å². The van der Waals surface area contributed by atoms with E-state index in [2.05, 4.69) is 43.7 Å². The molecule has 0 aliphatic rings. The number of rotatable bonds is 10. The molecule has 1 unspecified atom stereocenters. The Hall–Kier alpha value is -1.29. The second-order valence-corrected chi connectivity index (χ2v) is 5.26. The molecule has 0 fully saturated rings. The molecule has 4 nitrogen and oxygen atoms in total. The van der Waals surface area contributed by atoms with Crippen LogP contribution in [0.5, 0.6) is 0 Å². The second-order valence-electron chi connectivity index (χ2n) is 5.26. The van der Waals surface area contributed by atoms with Gasteiger partial charge in [-0.25, -0.2) is 0 Å². The zero-order valence-corrected chi connectivity index (χ0v) is 13.1. The van der Waals surface area contributed by atoms with Crippen molar-refractivity contribution in [1.82, 2.24) is 15.2 Å². The third kappa shape index (κ3) is 5.78. The van der Waals surface area contributed by atoms with Crippen LogP contribution in [-0.4, -0.2) is 23.6 Å². The number of amides is 1. The fourth-order valence-corrected chi connectivity index (χ4v) is 2.24. The van der Waals surface area contributed by atoms with E-state index in [-0.39, 0.29) is 5.91 Å². The number of nitrogens with zero attached hydrogens (tertiary/aromatic N) is 1. The van der Waals surface area contributed by atoms with Crippen molar-refractivity contribution >= 4 is 5.91 Å². The first kappa shape index (κ1) is 16.8. The van der Waals surface area contributed by atoms with Gasteiger partial charge >= 0.3 is 0 Å². The molecule has 4 heteroatoms. The SMILES string of the molecule is CCCNC(=O)Cn1ccc(C(CCC)NCCC)c1. The number of carbonyl (C=O) groups excluding carboxylic acids is 1. The molecule has 0 aliphatic heterocycles. The van der Waals surface area contributed by atoms with Gasteiger partial charge in [0, 0.05) is 25.0 Å². The highest BCUT2D eigenvalue weighted by Gasteiger charge is 2.11. The quantitative estimate of drug-likeness (QED) is 0.692. The monoisotopic (exact) mass is 279 g/mol. The smallest absolute Gasteiger partial charge is 0.239 e. The summed E-state index contributed by atoms with van der Waals surface area (Å²) >= 11 is 0. The fraction of sp³-hybridized carbons (Fsp3) is 0.688. The number of hydrogen-bond donors (Lipinski definition) is 2. The molecule has 0 radical (unpaired) electrons. The van der Waals surface area contributed by atoms with Gasteiger partial charge in [-0.2, -0.15) is 0 Å². The maximum absolute atomic E-state index is 11.7. The number of nitrogens with one attached hydrogen (secondary N) is 2. The molecule has 1 heterocycles. The third-order valence-electron chi connectivity index (χ3n) is 3.29. The van der Waals surface area contributed by atoms with Crippen molar-refractivity contribution in [2.75, 3.05) is 13.1 Å².